The van der Waals surface area contributed by atoms with Crippen LogP contribution in [0.2, 0.25) is 0 Å². The van der Waals surface area contributed by atoms with Gasteiger partial charge in [0.25, 0.3) is 11.7 Å². The van der Waals surface area contributed by atoms with E-state index in [2.05, 4.69) is 10.1 Å². The second kappa shape index (κ2) is 8.41. The zero-order valence-corrected chi connectivity index (χ0v) is 18.1. The zero-order valence-electron chi connectivity index (χ0n) is 18.1. The standard InChI is InChI=1S/C23H24FN5O3/c1-14-18(15(2)27(3)26-14)21(30)19-20(16-5-7-17(24)8-6-16)29(23(32)22(19)31)11-4-10-28-12-9-25-13-28/h5-9,12-13,20,30H,4,10-11H2,1-3H3/t20-/m1/s1. The molecule has 166 valence electrons. The highest BCUT2D eigenvalue weighted by atomic mass is 19.1. The number of hydrogen-bond donors (Lipinski definition) is 1. The van der Waals surface area contributed by atoms with Crippen LogP contribution in [0.3, 0.4) is 0 Å². The Morgan fingerprint density at radius 1 is 1.16 bits per heavy atom. The lowest BCUT2D eigenvalue weighted by molar-refractivity contribution is -0.139. The van der Waals surface area contributed by atoms with E-state index in [0.717, 1.165) is 0 Å². The lowest BCUT2D eigenvalue weighted by Gasteiger charge is -2.25. The van der Waals surface area contributed by atoms with Crippen molar-refractivity contribution >= 4 is 17.4 Å². The van der Waals surface area contributed by atoms with E-state index in [4.69, 9.17) is 0 Å². The van der Waals surface area contributed by atoms with Crippen molar-refractivity contribution in [3.05, 3.63) is 76.9 Å². The average molecular weight is 437 g/mol. The minimum atomic E-state index is -0.822. The zero-order chi connectivity index (χ0) is 23.0. The fourth-order valence-corrected chi connectivity index (χ4v) is 4.20. The maximum Gasteiger partial charge on any atom is 0.295 e. The number of Topliss-reactive ketones (excluding diaryl/α,β-unsaturated/α-hetero) is 1. The van der Waals surface area contributed by atoms with Crippen molar-refractivity contribution in [1.82, 2.24) is 24.2 Å². The number of carbonyl (C=O) groups excluding carboxylic acids is 2. The van der Waals surface area contributed by atoms with Gasteiger partial charge in [-0.3, -0.25) is 14.3 Å². The summed E-state index contributed by atoms with van der Waals surface area (Å²) < 4.78 is 17.1. The predicted molar refractivity (Wildman–Crippen MR) is 115 cm³/mol. The summed E-state index contributed by atoms with van der Waals surface area (Å²) in [5.41, 5.74) is 2.18. The number of amides is 1. The molecule has 3 aromatic rings. The Morgan fingerprint density at radius 3 is 2.47 bits per heavy atom. The van der Waals surface area contributed by atoms with Gasteiger partial charge in [-0.2, -0.15) is 5.10 Å². The highest BCUT2D eigenvalue weighted by molar-refractivity contribution is 6.46. The van der Waals surface area contributed by atoms with Gasteiger partial charge in [-0.15, -0.1) is 0 Å². The van der Waals surface area contributed by atoms with E-state index in [9.17, 15) is 19.1 Å². The Balaban J connectivity index is 1.77. The minimum absolute atomic E-state index is 0.0107. The number of aryl methyl sites for hydroxylation is 3. The summed E-state index contributed by atoms with van der Waals surface area (Å²) in [5.74, 6) is -2.14. The SMILES string of the molecule is Cc1nn(C)c(C)c1C(O)=C1C(=O)C(=O)N(CCCn2ccnc2)[C@@H]1c1ccc(F)cc1. The van der Waals surface area contributed by atoms with Gasteiger partial charge in [-0.05, 0) is 38.0 Å². The lowest BCUT2D eigenvalue weighted by Crippen LogP contribution is -2.31. The molecule has 1 aromatic carbocycles. The van der Waals surface area contributed by atoms with Crippen LogP contribution in [0.1, 0.15) is 35.0 Å². The molecule has 3 heterocycles. The van der Waals surface area contributed by atoms with E-state index in [0.29, 0.717) is 35.5 Å². The number of halogens is 1. The van der Waals surface area contributed by atoms with Crippen molar-refractivity contribution in [1.29, 1.82) is 0 Å². The number of nitrogens with zero attached hydrogens (tertiary/aromatic N) is 5. The Labute approximate surface area is 184 Å². The number of carbonyl (C=O) groups is 2. The van der Waals surface area contributed by atoms with Crippen LogP contribution in [0, 0.1) is 19.7 Å². The molecule has 1 saturated heterocycles. The third-order valence-corrected chi connectivity index (χ3v) is 5.85. The quantitative estimate of drug-likeness (QED) is 0.364. The smallest absolute Gasteiger partial charge is 0.295 e. The number of ketones is 1. The van der Waals surface area contributed by atoms with E-state index in [-0.39, 0.29) is 17.9 Å². The summed E-state index contributed by atoms with van der Waals surface area (Å²) in [4.78, 5) is 31.5. The summed E-state index contributed by atoms with van der Waals surface area (Å²) in [6.07, 6.45) is 5.74. The summed E-state index contributed by atoms with van der Waals surface area (Å²) in [6, 6.07) is 4.80. The molecular weight excluding hydrogens is 413 g/mol. The fraction of sp³-hybridized carbons (Fsp3) is 0.304. The molecular formula is C23H24FN5O3. The Hall–Kier alpha value is -3.75. The Bertz CT molecular complexity index is 1200. The second-order valence-electron chi connectivity index (χ2n) is 7.87. The Morgan fingerprint density at radius 2 is 1.88 bits per heavy atom. The van der Waals surface area contributed by atoms with Crippen molar-refractivity contribution < 1.29 is 19.1 Å². The van der Waals surface area contributed by atoms with Crippen LogP contribution >= 0.6 is 0 Å². The van der Waals surface area contributed by atoms with Gasteiger partial charge in [0.05, 0.1) is 29.2 Å². The first-order chi connectivity index (χ1) is 15.3. The molecule has 1 N–H and O–H groups in total. The fourth-order valence-electron chi connectivity index (χ4n) is 4.20. The number of rotatable bonds is 6. The monoisotopic (exact) mass is 437 g/mol. The molecule has 1 atom stereocenters. The van der Waals surface area contributed by atoms with Gasteiger partial charge in [-0.25, -0.2) is 9.37 Å². The molecule has 1 aliphatic heterocycles. The number of hydrogen-bond acceptors (Lipinski definition) is 5. The Kier molecular flexibility index (Phi) is 5.65. The van der Waals surface area contributed by atoms with Crippen LogP contribution in [-0.4, -0.2) is 47.6 Å². The molecule has 0 saturated carbocycles. The molecule has 9 heteroatoms. The van der Waals surface area contributed by atoms with Crippen LogP contribution < -0.4 is 0 Å². The van der Waals surface area contributed by atoms with Crippen LogP contribution in [0.4, 0.5) is 4.39 Å². The molecule has 32 heavy (non-hydrogen) atoms. The number of imidazole rings is 1. The van der Waals surface area contributed by atoms with E-state index < -0.39 is 23.5 Å². The molecule has 2 aromatic heterocycles. The number of aliphatic hydroxyl groups is 1. The number of likely N-dealkylation sites (tertiary alicyclic amines) is 1. The molecule has 1 aliphatic rings. The maximum atomic E-state index is 13.6. The highest BCUT2D eigenvalue weighted by Crippen LogP contribution is 2.40. The van der Waals surface area contributed by atoms with Crippen LogP contribution in [0.25, 0.3) is 5.76 Å². The van der Waals surface area contributed by atoms with Crippen molar-refractivity contribution in [2.45, 2.75) is 32.9 Å². The first-order valence-corrected chi connectivity index (χ1v) is 10.3. The third-order valence-electron chi connectivity index (χ3n) is 5.85. The molecule has 0 spiro atoms. The van der Waals surface area contributed by atoms with E-state index in [1.165, 1.54) is 29.2 Å². The number of benzene rings is 1. The number of aliphatic hydroxyl groups excluding tert-OH is 1. The van der Waals surface area contributed by atoms with Gasteiger partial charge in [0.1, 0.15) is 11.6 Å². The third kappa shape index (κ3) is 3.70. The molecule has 8 nitrogen and oxygen atoms in total. The highest BCUT2D eigenvalue weighted by Gasteiger charge is 2.46. The van der Waals surface area contributed by atoms with Gasteiger partial charge in [0, 0.05) is 38.2 Å². The molecule has 0 unspecified atom stereocenters. The van der Waals surface area contributed by atoms with E-state index >= 15 is 0 Å². The van der Waals surface area contributed by atoms with E-state index in [1.807, 2.05) is 10.8 Å². The summed E-state index contributed by atoms with van der Waals surface area (Å²) in [7, 11) is 1.74. The topological polar surface area (TPSA) is 93.2 Å². The summed E-state index contributed by atoms with van der Waals surface area (Å²) in [5, 5.41) is 15.5. The first-order valence-electron chi connectivity index (χ1n) is 10.3. The maximum absolute atomic E-state index is 13.6. The number of aromatic nitrogens is 4. The minimum Gasteiger partial charge on any atom is -0.507 e. The van der Waals surface area contributed by atoms with Crippen LogP contribution in [0.5, 0.6) is 0 Å². The predicted octanol–water partition coefficient (Wildman–Crippen LogP) is 2.88. The molecule has 1 amide bonds. The van der Waals surface area contributed by atoms with Crippen LogP contribution in [-0.2, 0) is 23.2 Å². The van der Waals surface area contributed by atoms with Crippen molar-refractivity contribution in [3.8, 4) is 0 Å². The van der Waals surface area contributed by atoms with Gasteiger partial charge in [0.15, 0.2) is 0 Å². The molecule has 1 fully saturated rings. The lowest BCUT2D eigenvalue weighted by atomic mass is 9.94. The second-order valence-corrected chi connectivity index (χ2v) is 7.87. The largest absolute Gasteiger partial charge is 0.507 e. The molecule has 0 aliphatic carbocycles. The summed E-state index contributed by atoms with van der Waals surface area (Å²) in [6.45, 7) is 4.41. The molecule has 0 radical (unpaired) electrons. The van der Waals surface area contributed by atoms with Gasteiger partial charge < -0.3 is 14.6 Å². The van der Waals surface area contributed by atoms with Crippen LogP contribution in [0.15, 0.2) is 48.6 Å². The van der Waals surface area contributed by atoms with Crippen molar-refractivity contribution in [2.75, 3.05) is 6.54 Å². The normalized spacial score (nSPS) is 18.0. The van der Waals surface area contributed by atoms with Crippen molar-refractivity contribution in [3.63, 3.8) is 0 Å². The average Bonchev–Trinajstić information content (AvgIpc) is 3.43. The first kappa shape index (κ1) is 21.5. The van der Waals surface area contributed by atoms with E-state index in [1.54, 1.807) is 38.1 Å². The molecule has 4 rings (SSSR count). The van der Waals surface area contributed by atoms with Gasteiger partial charge >= 0.3 is 0 Å². The van der Waals surface area contributed by atoms with Gasteiger partial charge in [-0.1, -0.05) is 12.1 Å². The summed E-state index contributed by atoms with van der Waals surface area (Å²) >= 11 is 0. The van der Waals surface area contributed by atoms with Crippen molar-refractivity contribution in [2.24, 2.45) is 7.05 Å². The molecule has 0 bridgehead atoms. The van der Waals surface area contributed by atoms with Gasteiger partial charge in [0.2, 0.25) is 0 Å².